The Hall–Kier alpha value is -1.32. The van der Waals surface area contributed by atoms with Gasteiger partial charge in [0.2, 0.25) is 0 Å². The first-order chi connectivity index (χ1) is 9.72. The molecule has 4 heteroatoms. The van der Waals surface area contributed by atoms with Crippen LogP contribution in [0.2, 0.25) is 0 Å². The predicted molar refractivity (Wildman–Crippen MR) is 92.2 cm³/mol. The summed E-state index contributed by atoms with van der Waals surface area (Å²) >= 11 is 0. The first-order valence-electron chi connectivity index (χ1n) is 8.08. The third-order valence-electron chi connectivity index (χ3n) is 4.47. The molecule has 21 heavy (non-hydrogen) atoms. The Morgan fingerprint density at radius 1 is 0.905 bits per heavy atom. The van der Waals surface area contributed by atoms with Gasteiger partial charge in [0.15, 0.2) is 0 Å². The molecule has 0 fully saturated rings. The van der Waals surface area contributed by atoms with Crippen molar-refractivity contribution in [1.29, 1.82) is 0 Å². The SMILES string of the molecule is CCC(CC)(CC)Nc1nc(C(C)(C)C)nc(NC)c1C. The molecule has 0 spiro atoms. The molecule has 0 aliphatic heterocycles. The zero-order valence-corrected chi connectivity index (χ0v) is 15.0. The van der Waals surface area contributed by atoms with Gasteiger partial charge in [-0.2, -0.15) is 0 Å². The summed E-state index contributed by atoms with van der Waals surface area (Å²) in [7, 11) is 1.91. The van der Waals surface area contributed by atoms with Crippen LogP contribution < -0.4 is 10.6 Å². The highest BCUT2D eigenvalue weighted by atomic mass is 15.1. The largest absolute Gasteiger partial charge is 0.373 e. The summed E-state index contributed by atoms with van der Waals surface area (Å²) in [5.74, 6) is 2.75. The van der Waals surface area contributed by atoms with Crippen LogP contribution in [0, 0.1) is 6.92 Å². The van der Waals surface area contributed by atoms with E-state index in [2.05, 4.69) is 64.1 Å². The van der Waals surface area contributed by atoms with Crippen molar-refractivity contribution in [3.63, 3.8) is 0 Å². The third-order valence-corrected chi connectivity index (χ3v) is 4.47. The van der Waals surface area contributed by atoms with Gasteiger partial charge in [-0.05, 0) is 26.2 Å². The molecule has 0 saturated heterocycles. The molecule has 1 aromatic heterocycles. The average Bonchev–Trinajstić information content (AvgIpc) is 2.45. The number of nitrogens with one attached hydrogen (secondary N) is 2. The Morgan fingerprint density at radius 3 is 1.76 bits per heavy atom. The lowest BCUT2D eigenvalue weighted by atomic mass is 9.89. The van der Waals surface area contributed by atoms with E-state index in [1.54, 1.807) is 0 Å². The van der Waals surface area contributed by atoms with Gasteiger partial charge in [0.25, 0.3) is 0 Å². The number of nitrogens with zero attached hydrogens (tertiary/aromatic N) is 2. The second-order valence-corrected chi connectivity index (χ2v) is 6.84. The highest BCUT2D eigenvalue weighted by Crippen LogP contribution is 2.30. The minimum atomic E-state index is -0.0664. The molecule has 0 radical (unpaired) electrons. The van der Waals surface area contributed by atoms with E-state index in [1.165, 1.54) is 0 Å². The molecule has 0 unspecified atom stereocenters. The van der Waals surface area contributed by atoms with Gasteiger partial charge in [0.05, 0.1) is 0 Å². The number of rotatable bonds is 6. The van der Waals surface area contributed by atoms with E-state index in [0.29, 0.717) is 0 Å². The van der Waals surface area contributed by atoms with Crippen molar-refractivity contribution < 1.29 is 0 Å². The van der Waals surface area contributed by atoms with Gasteiger partial charge in [0, 0.05) is 23.6 Å². The standard InChI is InChI=1S/C17H32N4/c1-9-17(10-2,11-3)21-14-12(4)13(18-8)19-15(20-14)16(5,6)7/h9-11H2,1-8H3,(H2,18,19,20,21). The van der Waals surface area contributed by atoms with Crippen molar-refractivity contribution in [3.8, 4) is 0 Å². The summed E-state index contributed by atoms with van der Waals surface area (Å²) in [6.07, 6.45) is 3.26. The van der Waals surface area contributed by atoms with Crippen LogP contribution in [0.25, 0.3) is 0 Å². The molecule has 0 aromatic carbocycles. The Morgan fingerprint density at radius 2 is 1.38 bits per heavy atom. The van der Waals surface area contributed by atoms with Crippen LogP contribution in [-0.2, 0) is 5.41 Å². The fraction of sp³-hybridized carbons (Fsp3) is 0.765. The van der Waals surface area contributed by atoms with Gasteiger partial charge in [-0.3, -0.25) is 0 Å². The maximum absolute atomic E-state index is 4.82. The number of hydrogen-bond acceptors (Lipinski definition) is 4. The fourth-order valence-electron chi connectivity index (χ4n) is 2.48. The van der Waals surface area contributed by atoms with Crippen LogP contribution in [0.15, 0.2) is 0 Å². The zero-order chi connectivity index (χ0) is 16.3. The minimum absolute atomic E-state index is 0.0664. The molecule has 120 valence electrons. The van der Waals surface area contributed by atoms with Crippen LogP contribution in [-0.4, -0.2) is 22.6 Å². The van der Waals surface area contributed by atoms with Crippen LogP contribution in [0.3, 0.4) is 0 Å². The molecule has 1 heterocycles. The zero-order valence-electron chi connectivity index (χ0n) is 15.0. The van der Waals surface area contributed by atoms with Crippen LogP contribution in [0.4, 0.5) is 11.6 Å². The van der Waals surface area contributed by atoms with Gasteiger partial charge < -0.3 is 10.6 Å². The molecule has 4 nitrogen and oxygen atoms in total. The van der Waals surface area contributed by atoms with E-state index in [1.807, 2.05) is 7.05 Å². The normalized spacial score (nSPS) is 12.4. The smallest absolute Gasteiger partial charge is 0.138 e. The Bertz CT molecular complexity index is 462. The summed E-state index contributed by atoms with van der Waals surface area (Å²) in [4.78, 5) is 9.49. The quantitative estimate of drug-likeness (QED) is 0.810. The fourth-order valence-corrected chi connectivity index (χ4v) is 2.48. The number of hydrogen-bond donors (Lipinski definition) is 2. The monoisotopic (exact) mass is 292 g/mol. The minimum Gasteiger partial charge on any atom is -0.373 e. The highest BCUT2D eigenvalue weighted by molar-refractivity contribution is 5.58. The van der Waals surface area contributed by atoms with E-state index in [9.17, 15) is 0 Å². The van der Waals surface area contributed by atoms with E-state index in [0.717, 1.165) is 42.3 Å². The molecular weight excluding hydrogens is 260 g/mol. The van der Waals surface area contributed by atoms with Crippen LogP contribution >= 0.6 is 0 Å². The third kappa shape index (κ3) is 3.86. The molecule has 0 amide bonds. The molecule has 1 aromatic rings. The van der Waals surface area contributed by atoms with Gasteiger partial charge >= 0.3 is 0 Å². The summed E-state index contributed by atoms with van der Waals surface area (Å²) < 4.78 is 0. The molecule has 0 atom stereocenters. The lowest BCUT2D eigenvalue weighted by molar-refractivity contribution is 0.417. The van der Waals surface area contributed by atoms with E-state index < -0.39 is 0 Å². The number of aromatic nitrogens is 2. The molecule has 0 aliphatic carbocycles. The summed E-state index contributed by atoms with van der Waals surface area (Å²) in [6.45, 7) is 15.2. The highest BCUT2D eigenvalue weighted by Gasteiger charge is 2.27. The first-order valence-corrected chi connectivity index (χ1v) is 8.08. The first kappa shape index (κ1) is 17.7. The van der Waals surface area contributed by atoms with Gasteiger partial charge in [-0.15, -0.1) is 0 Å². The Balaban J connectivity index is 3.34. The lowest BCUT2D eigenvalue weighted by Crippen LogP contribution is -2.37. The number of anilines is 2. The molecule has 0 saturated carbocycles. The van der Waals surface area contributed by atoms with E-state index >= 15 is 0 Å². The van der Waals surface area contributed by atoms with Crippen LogP contribution in [0.1, 0.15) is 72.2 Å². The van der Waals surface area contributed by atoms with Gasteiger partial charge in [-0.25, -0.2) is 9.97 Å². The lowest BCUT2D eigenvalue weighted by Gasteiger charge is -2.34. The topological polar surface area (TPSA) is 49.8 Å². The average molecular weight is 292 g/mol. The Kier molecular flexibility index (Phi) is 5.60. The van der Waals surface area contributed by atoms with Crippen molar-refractivity contribution in [3.05, 3.63) is 11.4 Å². The van der Waals surface area contributed by atoms with Crippen molar-refractivity contribution in [2.75, 3.05) is 17.7 Å². The second kappa shape index (κ2) is 6.63. The van der Waals surface area contributed by atoms with Crippen molar-refractivity contribution in [2.45, 2.75) is 78.7 Å². The second-order valence-electron chi connectivity index (χ2n) is 6.84. The van der Waals surface area contributed by atoms with E-state index in [-0.39, 0.29) is 11.0 Å². The summed E-state index contributed by atoms with van der Waals surface area (Å²) in [6, 6.07) is 0. The Labute approximate surface area is 130 Å². The van der Waals surface area contributed by atoms with Crippen molar-refractivity contribution in [1.82, 2.24) is 9.97 Å². The van der Waals surface area contributed by atoms with E-state index in [4.69, 9.17) is 4.98 Å². The summed E-state index contributed by atoms with van der Waals surface area (Å²) in [5, 5.41) is 6.90. The van der Waals surface area contributed by atoms with Crippen molar-refractivity contribution in [2.24, 2.45) is 0 Å². The molecule has 0 bridgehead atoms. The van der Waals surface area contributed by atoms with Crippen LogP contribution in [0.5, 0.6) is 0 Å². The van der Waals surface area contributed by atoms with Gasteiger partial charge in [0.1, 0.15) is 17.5 Å². The maximum Gasteiger partial charge on any atom is 0.138 e. The van der Waals surface area contributed by atoms with Gasteiger partial charge in [-0.1, -0.05) is 41.5 Å². The molecule has 1 rings (SSSR count). The predicted octanol–water partition coefficient (Wildman–Crippen LogP) is 4.50. The molecular formula is C17H32N4. The molecule has 0 aliphatic rings. The summed E-state index contributed by atoms with van der Waals surface area (Å²) in [5.41, 5.74) is 1.13. The van der Waals surface area contributed by atoms with Crippen molar-refractivity contribution >= 4 is 11.6 Å². The molecule has 2 N–H and O–H groups in total. The maximum atomic E-state index is 4.82.